The normalized spacial score (nSPS) is 14.2. The van der Waals surface area contributed by atoms with E-state index in [9.17, 15) is 0 Å². The van der Waals surface area contributed by atoms with Crippen LogP contribution in [0.3, 0.4) is 0 Å². The summed E-state index contributed by atoms with van der Waals surface area (Å²) in [6.07, 6.45) is 4.13. The summed E-state index contributed by atoms with van der Waals surface area (Å²) in [4.78, 5) is 0. The van der Waals surface area contributed by atoms with Gasteiger partial charge in [-0.2, -0.15) is 0 Å². The third-order valence-corrected chi connectivity index (χ3v) is 1.66. The molecule has 70 valence electrons. The van der Waals surface area contributed by atoms with Crippen molar-refractivity contribution in [2.75, 3.05) is 6.61 Å². The molecule has 0 amide bonds. The van der Waals surface area contributed by atoms with Gasteiger partial charge in [0.15, 0.2) is 0 Å². The molecule has 12 heavy (non-hydrogen) atoms. The smallest absolute Gasteiger partial charge is 0.0978 e. The van der Waals surface area contributed by atoms with Gasteiger partial charge in [-0.05, 0) is 32.8 Å². The zero-order valence-corrected chi connectivity index (χ0v) is 8.04. The standard InChI is InChI=1S/C10H18O2/c1-8(2)5-4-6-9(3)10(12)7-11/h5-6,10-12H,4,7H2,1-3H3. The van der Waals surface area contributed by atoms with Gasteiger partial charge >= 0.3 is 0 Å². The maximum Gasteiger partial charge on any atom is 0.0978 e. The molecule has 0 spiro atoms. The molecule has 2 heteroatoms. The fourth-order valence-corrected chi connectivity index (χ4v) is 0.761. The van der Waals surface area contributed by atoms with E-state index in [0.717, 1.165) is 12.0 Å². The van der Waals surface area contributed by atoms with Crippen LogP contribution in [0.15, 0.2) is 23.3 Å². The molecule has 1 atom stereocenters. The minimum absolute atomic E-state index is 0.197. The number of hydrogen-bond donors (Lipinski definition) is 2. The van der Waals surface area contributed by atoms with Crippen LogP contribution in [-0.2, 0) is 0 Å². The van der Waals surface area contributed by atoms with Crippen LogP contribution in [0.2, 0.25) is 0 Å². The molecule has 0 aromatic heterocycles. The van der Waals surface area contributed by atoms with E-state index in [0.29, 0.717) is 0 Å². The summed E-state index contributed by atoms with van der Waals surface area (Å²) in [5.74, 6) is 0. The second-order valence-electron chi connectivity index (χ2n) is 3.16. The summed E-state index contributed by atoms with van der Waals surface area (Å²) in [7, 11) is 0. The van der Waals surface area contributed by atoms with Crippen LogP contribution < -0.4 is 0 Å². The van der Waals surface area contributed by atoms with Crippen molar-refractivity contribution in [3.63, 3.8) is 0 Å². The van der Waals surface area contributed by atoms with Crippen LogP contribution in [0.4, 0.5) is 0 Å². The van der Waals surface area contributed by atoms with Crippen molar-refractivity contribution in [1.82, 2.24) is 0 Å². The fourth-order valence-electron chi connectivity index (χ4n) is 0.761. The van der Waals surface area contributed by atoms with Crippen LogP contribution >= 0.6 is 0 Å². The van der Waals surface area contributed by atoms with Crippen LogP contribution in [0.5, 0.6) is 0 Å². The Labute approximate surface area is 74.2 Å². The third-order valence-electron chi connectivity index (χ3n) is 1.66. The van der Waals surface area contributed by atoms with Crippen LogP contribution in [0.25, 0.3) is 0 Å². The van der Waals surface area contributed by atoms with Crippen molar-refractivity contribution >= 4 is 0 Å². The van der Waals surface area contributed by atoms with Crippen LogP contribution in [0, 0.1) is 0 Å². The zero-order chi connectivity index (χ0) is 9.56. The Morgan fingerprint density at radius 3 is 2.25 bits per heavy atom. The minimum atomic E-state index is -0.699. The molecule has 0 bridgehead atoms. The quantitative estimate of drug-likeness (QED) is 0.630. The first-order valence-corrected chi connectivity index (χ1v) is 4.17. The molecule has 0 aliphatic carbocycles. The summed E-state index contributed by atoms with van der Waals surface area (Å²) >= 11 is 0. The van der Waals surface area contributed by atoms with Crippen LogP contribution in [-0.4, -0.2) is 22.9 Å². The van der Waals surface area contributed by atoms with Crippen molar-refractivity contribution in [2.45, 2.75) is 33.3 Å². The van der Waals surface area contributed by atoms with E-state index in [-0.39, 0.29) is 6.61 Å². The predicted octanol–water partition coefficient (Wildman–Crippen LogP) is 1.64. The van der Waals surface area contributed by atoms with Gasteiger partial charge in [-0.1, -0.05) is 17.7 Å². The van der Waals surface area contributed by atoms with Crippen molar-refractivity contribution in [3.05, 3.63) is 23.3 Å². The van der Waals surface area contributed by atoms with Gasteiger partial charge in [0.25, 0.3) is 0 Å². The maximum atomic E-state index is 9.15. The monoisotopic (exact) mass is 170 g/mol. The number of allylic oxidation sites excluding steroid dienone is 3. The third kappa shape index (κ3) is 5.10. The first-order valence-electron chi connectivity index (χ1n) is 4.17. The fraction of sp³-hybridized carbons (Fsp3) is 0.600. The Hall–Kier alpha value is -0.600. The van der Waals surface area contributed by atoms with E-state index in [1.54, 1.807) is 0 Å². The molecule has 0 saturated carbocycles. The van der Waals surface area contributed by atoms with Crippen molar-refractivity contribution in [1.29, 1.82) is 0 Å². The van der Waals surface area contributed by atoms with Gasteiger partial charge in [0.2, 0.25) is 0 Å². The Bertz CT molecular complexity index is 176. The Balaban J connectivity index is 3.92. The molecular weight excluding hydrogens is 152 g/mol. The molecule has 0 aliphatic rings. The predicted molar refractivity (Wildman–Crippen MR) is 50.9 cm³/mol. The first kappa shape index (κ1) is 11.4. The van der Waals surface area contributed by atoms with Crippen molar-refractivity contribution < 1.29 is 10.2 Å². The molecule has 0 aromatic rings. The Morgan fingerprint density at radius 1 is 1.25 bits per heavy atom. The molecule has 2 N–H and O–H groups in total. The van der Waals surface area contributed by atoms with E-state index in [2.05, 4.69) is 6.08 Å². The highest BCUT2D eigenvalue weighted by Crippen LogP contribution is 2.03. The highest BCUT2D eigenvalue weighted by Gasteiger charge is 2.01. The topological polar surface area (TPSA) is 40.5 Å². The van der Waals surface area contributed by atoms with Crippen molar-refractivity contribution in [3.8, 4) is 0 Å². The van der Waals surface area contributed by atoms with Crippen LogP contribution in [0.1, 0.15) is 27.2 Å². The Morgan fingerprint density at radius 2 is 1.83 bits per heavy atom. The van der Waals surface area contributed by atoms with Gasteiger partial charge in [0.05, 0.1) is 12.7 Å². The van der Waals surface area contributed by atoms with E-state index in [1.807, 2.05) is 26.8 Å². The molecule has 2 nitrogen and oxygen atoms in total. The van der Waals surface area contributed by atoms with Gasteiger partial charge in [-0.25, -0.2) is 0 Å². The molecule has 1 unspecified atom stereocenters. The zero-order valence-electron chi connectivity index (χ0n) is 8.04. The summed E-state index contributed by atoms with van der Waals surface area (Å²) in [6, 6.07) is 0. The lowest BCUT2D eigenvalue weighted by Crippen LogP contribution is -2.12. The average molecular weight is 170 g/mol. The second-order valence-corrected chi connectivity index (χ2v) is 3.16. The lowest BCUT2D eigenvalue weighted by atomic mass is 10.1. The van der Waals surface area contributed by atoms with E-state index >= 15 is 0 Å². The SMILES string of the molecule is CC(C)=CCC=C(C)C(O)CO. The largest absolute Gasteiger partial charge is 0.393 e. The summed E-state index contributed by atoms with van der Waals surface area (Å²) in [5, 5.41) is 17.8. The van der Waals surface area contributed by atoms with Gasteiger partial charge in [0, 0.05) is 0 Å². The molecule has 0 aromatic carbocycles. The highest BCUT2D eigenvalue weighted by molar-refractivity contribution is 5.08. The summed E-state index contributed by atoms with van der Waals surface area (Å²) in [6.45, 7) is 5.69. The van der Waals surface area contributed by atoms with Crippen molar-refractivity contribution in [2.24, 2.45) is 0 Å². The molecular formula is C10H18O2. The van der Waals surface area contributed by atoms with Gasteiger partial charge in [-0.3, -0.25) is 0 Å². The second kappa shape index (κ2) is 5.98. The molecule has 0 radical (unpaired) electrons. The van der Waals surface area contributed by atoms with Gasteiger partial charge in [0.1, 0.15) is 0 Å². The number of aliphatic hydroxyl groups excluding tert-OH is 2. The van der Waals surface area contributed by atoms with Gasteiger partial charge in [-0.15, -0.1) is 0 Å². The Kier molecular flexibility index (Phi) is 5.68. The summed E-state index contributed by atoms with van der Waals surface area (Å²) < 4.78 is 0. The number of aliphatic hydroxyl groups is 2. The summed E-state index contributed by atoms with van der Waals surface area (Å²) in [5.41, 5.74) is 2.09. The molecule has 0 saturated heterocycles. The highest BCUT2D eigenvalue weighted by atomic mass is 16.3. The molecule has 0 rings (SSSR count). The first-order chi connectivity index (χ1) is 5.57. The average Bonchev–Trinajstić information content (AvgIpc) is 2.02. The van der Waals surface area contributed by atoms with E-state index in [4.69, 9.17) is 10.2 Å². The van der Waals surface area contributed by atoms with E-state index in [1.165, 1.54) is 5.57 Å². The number of rotatable bonds is 4. The lowest BCUT2D eigenvalue weighted by Gasteiger charge is -2.06. The molecule has 0 aliphatic heterocycles. The van der Waals surface area contributed by atoms with Gasteiger partial charge < -0.3 is 10.2 Å². The lowest BCUT2D eigenvalue weighted by molar-refractivity contribution is 0.122. The molecule has 0 heterocycles. The molecule has 0 fully saturated rings. The minimum Gasteiger partial charge on any atom is -0.393 e. The number of hydrogen-bond acceptors (Lipinski definition) is 2. The maximum absolute atomic E-state index is 9.15. The van der Waals surface area contributed by atoms with E-state index < -0.39 is 6.10 Å².